The van der Waals surface area contributed by atoms with Crippen LogP contribution in [0.15, 0.2) is 24.5 Å². The van der Waals surface area contributed by atoms with Gasteiger partial charge >= 0.3 is 0 Å². The molecule has 0 aliphatic carbocycles. The molecule has 1 amide bonds. The summed E-state index contributed by atoms with van der Waals surface area (Å²) in [6.07, 6.45) is 2.99. The van der Waals surface area contributed by atoms with Crippen molar-refractivity contribution >= 4 is 16.9 Å². The molecule has 1 atom stereocenters. The van der Waals surface area contributed by atoms with Gasteiger partial charge in [0.1, 0.15) is 5.65 Å². The molecule has 0 saturated carbocycles. The second kappa shape index (κ2) is 5.22. The molecule has 0 spiro atoms. The van der Waals surface area contributed by atoms with Crippen LogP contribution in [0.25, 0.3) is 11.0 Å². The highest BCUT2D eigenvalue weighted by atomic mass is 16.1. The van der Waals surface area contributed by atoms with Crippen molar-refractivity contribution in [1.82, 2.24) is 19.4 Å². The van der Waals surface area contributed by atoms with E-state index in [9.17, 15) is 4.79 Å². The molecule has 6 nitrogen and oxygen atoms in total. The van der Waals surface area contributed by atoms with Crippen LogP contribution in [0, 0.1) is 6.07 Å². The number of pyridine rings is 1. The van der Waals surface area contributed by atoms with Gasteiger partial charge in [-0.2, -0.15) is 0 Å². The van der Waals surface area contributed by atoms with Crippen molar-refractivity contribution in [1.29, 1.82) is 0 Å². The van der Waals surface area contributed by atoms with Crippen LogP contribution in [0.5, 0.6) is 0 Å². The zero-order valence-electron chi connectivity index (χ0n) is 11.5. The van der Waals surface area contributed by atoms with E-state index in [-0.39, 0.29) is 5.91 Å². The molecule has 2 aromatic rings. The number of nitrogens with zero attached hydrogens (tertiary/aromatic N) is 4. The summed E-state index contributed by atoms with van der Waals surface area (Å²) in [4.78, 5) is 20.6. The Morgan fingerprint density at radius 2 is 2.15 bits per heavy atom. The second-order valence-electron chi connectivity index (χ2n) is 5.17. The van der Waals surface area contributed by atoms with Gasteiger partial charge in [-0.3, -0.25) is 9.69 Å². The number of piperazine rings is 1. The summed E-state index contributed by atoms with van der Waals surface area (Å²) in [5.41, 5.74) is 6.37. The minimum Gasteiger partial charge on any atom is -0.367 e. The highest BCUT2D eigenvalue weighted by Crippen LogP contribution is 2.21. The van der Waals surface area contributed by atoms with Crippen LogP contribution in [0.3, 0.4) is 0 Å². The average molecular weight is 272 g/mol. The molecule has 1 saturated heterocycles. The monoisotopic (exact) mass is 272 g/mol. The van der Waals surface area contributed by atoms with Gasteiger partial charge in [0.15, 0.2) is 6.17 Å². The van der Waals surface area contributed by atoms with E-state index in [1.54, 1.807) is 12.4 Å². The number of hydrogen-bond acceptors (Lipinski definition) is 4. The van der Waals surface area contributed by atoms with Crippen molar-refractivity contribution in [2.75, 3.05) is 33.2 Å². The van der Waals surface area contributed by atoms with Gasteiger partial charge in [-0.25, -0.2) is 4.98 Å². The van der Waals surface area contributed by atoms with E-state index < -0.39 is 6.17 Å². The fourth-order valence-electron chi connectivity index (χ4n) is 2.66. The van der Waals surface area contributed by atoms with E-state index in [4.69, 9.17) is 5.73 Å². The Morgan fingerprint density at radius 3 is 2.85 bits per heavy atom. The molecule has 3 rings (SSSR count). The van der Waals surface area contributed by atoms with Crippen LogP contribution in [0.2, 0.25) is 0 Å². The zero-order valence-corrected chi connectivity index (χ0v) is 11.5. The normalized spacial score (nSPS) is 19.2. The van der Waals surface area contributed by atoms with Gasteiger partial charge in [0.25, 0.3) is 5.91 Å². The molecule has 1 aliphatic rings. The maximum Gasteiger partial charge on any atom is 0.255 e. The summed E-state index contributed by atoms with van der Waals surface area (Å²) in [5.74, 6) is -0.355. The third-order valence-corrected chi connectivity index (χ3v) is 3.79. The number of carbonyl (C=O) groups is 1. The molecule has 1 aliphatic heterocycles. The van der Waals surface area contributed by atoms with E-state index in [2.05, 4.69) is 27.9 Å². The topological polar surface area (TPSA) is 67.4 Å². The SMILES string of the molecule is CN1CCN(C(C(N)=O)n2c[c]c3cccnc32)CC1. The van der Waals surface area contributed by atoms with Crippen LogP contribution >= 0.6 is 0 Å². The maximum atomic E-state index is 11.9. The lowest BCUT2D eigenvalue weighted by Crippen LogP contribution is -2.50. The Bertz CT molecular complexity index is 615. The van der Waals surface area contributed by atoms with Gasteiger partial charge in [0.2, 0.25) is 0 Å². The Kier molecular flexibility index (Phi) is 3.42. The first kappa shape index (κ1) is 13.1. The summed E-state index contributed by atoms with van der Waals surface area (Å²) in [6.45, 7) is 3.49. The quantitative estimate of drug-likeness (QED) is 0.858. The third kappa shape index (κ3) is 2.28. The second-order valence-corrected chi connectivity index (χ2v) is 5.17. The van der Waals surface area contributed by atoms with Crippen molar-refractivity contribution in [3.8, 4) is 0 Å². The molecule has 105 valence electrons. The number of hydrogen-bond donors (Lipinski definition) is 1. The average Bonchev–Trinajstić information content (AvgIpc) is 2.85. The molecule has 2 N–H and O–H groups in total. The lowest BCUT2D eigenvalue weighted by molar-refractivity contribution is -0.127. The van der Waals surface area contributed by atoms with Gasteiger partial charge in [-0.05, 0) is 19.2 Å². The van der Waals surface area contributed by atoms with Crippen molar-refractivity contribution in [3.63, 3.8) is 0 Å². The van der Waals surface area contributed by atoms with Crippen molar-refractivity contribution in [2.24, 2.45) is 5.73 Å². The van der Waals surface area contributed by atoms with E-state index in [1.165, 1.54) is 0 Å². The standard InChI is InChI=1S/C14H18N5O/c1-17-7-9-18(10-8-17)14(12(15)20)19-6-4-11-3-2-5-16-13(11)19/h2-3,5-6,14H,7-10H2,1H3,(H2,15,20). The van der Waals surface area contributed by atoms with Gasteiger partial charge in [-0.1, -0.05) is 0 Å². The van der Waals surface area contributed by atoms with Gasteiger partial charge in [-0.15, -0.1) is 0 Å². The van der Waals surface area contributed by atoms with Gasteiger partial charge in [0.05, 0.1) is 0 Å². The number of amides is 1. The molecule has 0 aromatic carbocycles. The number of primary amides is 1. The molecule has 3 heterocycles. The highest BCUT2D eigenvalue weighted by Gasteiger charge is 2.29. The van der Waals surface area contributed by atoms with E-state index in [1.807, 2.05) is 16.7 Å². The molecule has 2 aromatic heterocycles. The van der Waals surface area contributed by atoms with Crippen molar-refractivity contribution < 1.29 is 4.79 Å². The lowest BCUT2D eigenvalue weighted by atomic mass is 10.3. The minimum absolute atomic E-state index is 0.355. The number of nitrogens with two attached hydrogens (primary N) is 1. The predicted octanol–water partition coefficient (Wildman–Crippen LogP) is 0.0678. The van der Waals surface area contributed by atoms with E-state index in [0.29, 0.717) is 0 Å². The summed E-state index contributed by atoms with van der Waals surface area (Å²) in [5, 5.41) is 0.896. The molecular weight excluding hydrogens is 254 g/mol. The Morgan fingerprint density at radius 1 is 1.40 bits per heavy atom. The fraction of sp³-hybridized carbons (Fsp3) is 0.429. The first-order chi connectivity index (χ1) is 9.66. The maximum absolute atomic E-state index is 11.9. The highest BCUT2D eigenvalue weighted by molar-refractivity contribution is 5.82. The van der Waals surface area contributed by atoms with Crippen LogP contribution in [-0.2, 0) is 4.79 Å². The van der Waals surface area contributed by atoms with Crippen LogP contribution in [-0.4, -0.2) is 58.5 Å². The Hall–Kier alpha value is -1.92. The minimum atomic E-state index is -0.493. The van der Waals surface area contributed by atoms with E-state index in [0.717, 1.165) is 37.2 Å². The Labute approximate surface area is 117 Å². The largest absolute Gasteiger partial charge is 0.367 e. The molecular formula is C14H18N5O. The van der Waals surface area contributed by atoms with Crippen LogP contribution < -0.4 is 5.73 Å². The number of rotatable bonds is 3. The number of likely N-dealkylation sites (N-methyl/N-ethyl adjacent to an activating group) is 1. The molecule has 0 bridgehead atoms. The summed E-state index contributed by atoms with van der Waals surface area (Å²) in [7, 11) is 2.08. The van der Waals surface area contributed by atoms with Gasteiger partial charge < -0.3 is 15.2 Å². The third-order valence-electron chi connectivity index (χ3n) is 3.79. The summed E-state index contributed by atoms with van der Waals surface area (Å²) < 4.78 is 1.82. The summed E-state index contributed by atoms with van der Waals surface area (Å²) >= 11 is 0. The van der Waals surface area contributed by atoms with E-state index >= 15 is 0 Å². The number of fused-ring (bicyclic) bond motifs is 1. The lowest BCUT2D eigenvalue weighted by Gasteiger charge is -2.37. The molecule has 1 fully saturated rings. The van der Waals surface area contributed by atoms with Crippen LogP contribution in [0.1, 0.15) is 6.17 Å². The molecule has 6 heteroatoms. The smallest absolute Gasteiger partial charge is 0.255 e. The number of carbonyl (C=O) groups excluding carboxylic acids is 1. The fourth-order valence-corrected chi connectivity index (χ4v) is 2.66. The molecule has 20 heavy (non-hydrogen) atoms. The van der Waals surface area contributed by atoms with Crippen LogP contribution in [0.4, 0.5) is 0 Å². The molecule has 1 unspecified atom stereocenters. The predicted molar refractivity (Wildman–Crippen MR) is 75.9 cm³/mol. The first-order valence-corrected chi connectivity index (χ1v) is 6.72. The van der Waals surface area contributed by atoms with Crippen molar-refractivity contribution in [2.45, 2.75) is 6.17 Å². The van der Waals surface area contributed by atoms with Gasteiger partial charge in [0, 0.05) is 50.0 Å². The van der Waals surface area contributed by atoms with Crippen molar-refractivity contribution in [3.05, 3.63) is 30.6 Å². The zero-order chi connectivity index (χ0) is 14.1. The Balaban J connectivity index is 1.96. The number of aromatic nitrogens is 2. The first-order valence-electron chi connectivity index (χ1n) is 6.72. The summed E-state index contributed by atoms with van der Waals surface area (Å²) in [6, 6.07) is 6.92. The molecule has 1 radical (unpaired) electrons.